The summed E-state index contributed by atoms with van der Waals surface area (Å²) in [5.41, 5.74) is -0.244. The molecule has 5 nitrogen and oxygen atoms in total. The fourth-order valence-electron chi connectivity index (χ4n) is 2.99. The standard InChI is InChI=1S/C13H14FN3O2S/c14-12-2-1-11(5-10(12)6-15)20(18,19)17-4-3-9-7-16-8-13(9)17/h1-2,5,9,13,16H,3-4,7-8H2/t9-,13+/m0/s1. The van der Waals surface area contributed by atoms with E-state index in [0.717, 1.165) is 25.1 Å². The molecule has 2 heterocycles. The summed E-state index contributed by atoms with van der Waals surface area (Å²) in [7, 11) is -3.67. The molecule has 0 aliphatic carbocycles. The van der Waals surface area contributed by atoms with Crippen LogP contribution >= 0.6 is 0 Å². The van der Waals surface area contributed by atoms with E-state index in [1.54, 1.807) is 6.07 Å². The van der Waals surface area contributed by atoms with Crippen molar-refractivity contribution in [1.82, 2.24) is 9.62 Å². The van der Waals surface area contributed by atoms with Crippen LogP contribution in [0.4, 0.5) is 4.39 Å². The van der Waals surface area contributed by atoms with E-state index in [4.69, 9.17) is 5.26 Å². The molecule has 0 radical (unpaired) electrons. The van der Waals surface area contributed by atoms with Gasteiger partial charge in [0.1, 0.15) is 11.9 Å². The van der Waals surface area contributed by atoms with E-state index >= 15 is 0 Å². The summed E-state index contributed by atoms with van der Waals surface area (Å²) >= 11 is 0. The van der Waals surface area contributed by atoms with Crippen LogP contribution in [0.15, 0.2) is 23.1 Å². The number of halogens is 1. The number of sulfonamides is 1. The van der Waals surface area contributed by atoms with Gasteiger partial charge in [-0.15, -0.1) is 0 Å². The quantitative estimate of drug-likeness (QED) is 0.871. The largest absolute Gasteiger partial charge is 0.315 e. The van der Waals surface area contributed by atoms with Crippen molar-refractivity contribution in [2.45, 2.75) is 17.4 Å². The van der Waals surface area contributed by atoms with Crippen molar-refractivity contribution < 1.29 is 12.8 Å². The molecule has 2 aliphatic rings. The smallest absolute Gasteiger partial charge is 0.243 e. The second kappa shape index (κ2) is 4.81. The maximum Gasteiger partial charge on any atom is 0.243 e. The van der Waals surface area contributed by atoms with Gasteiger partial charge in [0.15, 0.2) is 0 Å². The summed E-state index contributed by atoms with van der Waals surface area (Å²) in [6, 6.07) is 5.01. The van der Waals surface area contributed by atoms with Crippen LogP contribution in [0, 0.1) is 23.1 Å². The number of nitrogens with one attached hydrogen (secondary N) is 1. The summed E-state index contributed by atoms with van der Waals surface area (Å²) in [5.74, 6) is -0.353. The number of rotatable bonds is 2. The first-order valence-electron chi connectivity index (χ1n) is 6.46. The minimum Gasteiger partial charge on any atom is -0.315 e. The average molecular weight is 295 g/mol. The number of nitrogens with zero attached hydrogens (tertiary/aromatic N) is 2. The van der Waals surface area contributed by atoms with Gasteiger partial charge in [-0.3, -0.25) is 0 Å². The van der Waals surface area contributed by atoms with Gasteiger partial charge in [-0.25, -0.2) is 12.8 Å². The number of fused-ring (bicyclic) bond motifs is 1. The molecule has 2 fully saturated rings. The van der Waals surface area contributed by atoms with Gasteiger partial charge in [0, 0.05) is 19.1 Å². The van der Waals surface area contributed by atoms with Crippen molar-refractivity contribution in [2.24, 2.45) is 5.92 Å². The summed E-state index contributed by atoms with van der Waals surface area (Å²) < 4.78 is 40.0. The minimum absolute atomic E-state index is 0.0111. The molecule has 0 saturated carbocycles. The molecule has 2 aliphatic heterocycles. The Bertz CT molecular complexity index is 683. The highest BCUT2D eigenvalue weighted by molar-refractivity contribution is 7.89. The van der Waals surface area contributed by atoms with Crippen LogP contribution in [0.2, 0.25) is 0 Å². The normalized spacial score (nSPS) is 26.4. The Kier molecular flexibility index (Phi) is 3.24. The van der Waals surface area contributed by atoms with E-state index in [1.807, 2.05) is 0 Å². The Hall–Kier alpha value is -1.49. The lowest BCUT2D eigenvalue weighted by molar-refractivity contribution is 0.383. The third kappa shape index (κ3) is 2.00. The van der Waals surface area contributed by atoms with Crippen molar-refractivity contribution in [1.29, 1.82) is 5.26 Å². The zero-order chi connectivity index (χ0) is 14.3. The molecule has 0 unspecified atom stereocenters. The van der Waals surface area contributed by atoms with E-state index in [9.17, 15) is 12.8 Å². The van der Waals surface area contributed by atoms with Crippen molar-refractivity contribution in [2.75, 3.05) is 19.6 Å². The Labute approximate surface area is 117 Å². The highest BCUT2D eigenvalue weighted by Crippen LogP contribution is 2.32. The van der Waals surface area contributed by atoms with Crippen molar-refractivity contribution in [3.63, 3.8) is 0 Å². The molecule has 1 aromatic carbocycles. The fourth-order valence-corrected chi connectivity index (χ4v) is 4.72. The zero-order valence-electron chi connectivity index (χ0n) is 10.7. The lowest BCUT2D eigenvalue weighted by atomic mass is 10.1. The van der Waals surface area contributed by atoms with Crippen molar-refractivity contribution in [3.05, 3.63) is 29.6 Å². The molecule has 3 rings (SSSR count). The molecule has 0 aromatic heterocycles. The second-order valence-corrected chi connectivity index (χ2v) is 7.03. The Morgan fingerprint density at radius 3 is 2.95 bits per heavy atom. The first-order chi connectivity index (χ1) is 9.54. The molecule has 2 atom stereocenters. The van der Waals surface area contributed by atoms with Gasteiger partial charge in [-0.05, 0) is 37.1 Å². The van der Waals surface area contributed by atoms with Crippen LogP contribution in [0.25, 0.3) is 0 Å². The Morgan fingerprint density at radius 2 is 2.20 bits per heavy atom. The molecule has 0 bridgehead atoms. The first kappa shape index (κ1) is 13.5. The highest BCUT2D eigenvalue weighted by Gasteiger charge is 2.43. The first-order valence-corrected chi connectivity index (χ1v) is 7.90. The molecular weight excluding hydrogens is 281 g/mol. The van der Waals surface area contributed by atoms with Crippen molar-refractivity contribution in [3.8, 4) is 6.07 Å². The molecule has 20 heavy (non-hydrogen) atoms. The van der Waals surface area contributed by atoms with Crippen LogP contribution in [0.5, 0.6) is 0 Å². The SMILES string of the molecule is N#Cc1cc(S(=O)(=O)N2CC[C@H]3CNC[C@H]32)ccc1F. The molecular formula is C13H14FN3O2S. The van der Waals surface area contributed by atoms with Gasteiger partial charge < -0.3 is 5.32 Å². The van der Waals surface area contributed by atoms with Crippen LogP contribution in [0.3, 0.4) is 0 Å². The zero-order valence-corrected chi connectivity index (χ0v) is 11.5. The number of hydrogen-bond acceptors (Lipinski definition) is 4. The van der Waals surface area contributed by atoms with Gasteiger partial charge in [-0.1, -0.05) is 0 Å². The van der Waals surface area contributed by atoms with Crippen LogP contribution in [-0.2, 0) is 10.0 Å². The predicted molar refractivity (Wildman–Crippen MR) is 69.8 cm³/mol. The van der Waals surface area contributed by atoms with Gasteiger partial charge in [0.25, 0.3) is 0 Å². The summed E-state index contributed by atoms with van der Waals surface area (Å²) in [4.78, 5) is -0.0111. The van der Waals surface area contributed by atoms with Crippen LogP contribution in [-0.4, -0.2) is 38.4 Å². The van der Waals surface area contributed by atoms with Gasteiger partial charge in [0.05, 0.1) is 10.5 Å². The maximum atomic E-state index is 13.3. The van der Waals surface area contributed by atoms with Gasteiger partial charge >= 0.3 is 0 Å². The summed E-state index contributed by atoms with van der Waals surface area (Å²) in [5, 5.41) is 12.0. The predicted octanol–water partition coefficient (Wildman–Crippen LogP) is 0.680. The molecule has 7 heteroatoms. The van der Waals surface area contributed by atoms with Gasteiger partial charge in [-0.2, -0.15) is 9.57 Å². The summed E-state index contributed by atoms with van der Waals surface area (Å²) in [6.07, 6.45) is 0.837. The fraction of sp³-hybridized carbons (Fsp3) is 0.462. The topological polar surface area (TPSA) is 73.2 Å². The van der Waals surface area contributed by atoms with Crippen molar-refractivity contribution >= 4 is 10.0 Å². The molecule has 1 N–H and O–H groups in total. The van der Waals surface area contributed by atoms with E-state index < -0.39 is 15.8 Å². The highest BCUT2D eigenvalue weighted by atomic mass is 32.2. The number of benzene rings is 1. The number of nitriles is 1. The molecule has 1 aromatic rings. The summed E-state index contributed by atoms with van der Waals surface area (Å²) in [6.45, 7) is 1.97. The van der Waals surface area contributed by atoms with E-state index in [2.05, 4.69) is 5.32 Å². The van der Waals surface area contributed by atoms with Gasteiger partial charge in [0.2, 0.25) is 10.0 Å². The van der Waals surface area contributed by atoms with E-state index in [0.29, 0.717) is 19.0 Å². The van der Waals surface area contributed by atoms with Crippen LogP contribution < -0.4 is 5.32 Å². The molecule has 2 saturated heterocycles. The minimum atomic E-state index is -3.67. The van der Waals surface area contributed by atoms with Crippen LogP contribution in [0.1, 0.15) is 12.0 Å². The maximum absolute atomic E-state index is 13.3. The monoisotopic (exact) mass is 295 g/mol. The average Bonchev–Trinajstić information content (AvgIpc) is 3.01. The lowest BCUT2D eigenvalue weighted by Gasteiger charge is -2.22. The molecule has 106 valence electrons. The third-order valence-corrected chi connectivity index (χ3v) is 5.98. The Morgan fingerprint density at radius 1 is 1.40 bits per heavy atom. The lowest BCUT2D eigenvalue weighted by Crippen LogP contribution is -2.39. The van der Waals surface area contributed by atoms with E-state index in [1.165, 1.54) is 10.4 Å². The second-order valence-electron chi connectivity index (χ2n) is 5.14. The molecule has 0 spiro atoms. The number of hydrogen-bond donors (Lipinski definition) is 1. The molecule has 0 amide bonds. The Balaban J connectivity index is 1.98. The van der Waals surface area contributed by atoms with E-state index in [-0.39, 0.29) is 16.5 Å². The third-order valence-electron chi connectivity index (χ3n) is 4.06.